The van der Waals surface area contributed by atoms with E-state index < -0.39 is 5.97 Å². The second-order valence-electron chi connectivity index (χ2n) is 4.45. The zero-order valence-corrected chi connectivity index (χ0v) is 12.0. The van der Waals surface area contributed by atoms with Crippen LogP contribution in [-0.4, -0.2) is 36.0 Å². The first-order valence-electron chi connectivity index (χ1n) is 6.17. The second kappa shape index (κ2) is 5.44. The summed E-state index contributed by atoms with van der Waals surface area (Å²) >= 11 is 1.61. The minimum Gasteiger partial charge on any atom is -0.480 e. The van der Waals surface area contributed by atoms with Gasteiger partial charge in [0.25, 0.3) is 0 Å². The molecule has 0 atom stereocenters. The van der Waals surface area contributed by atoms with Crippen molar-refractivity contribution in [2.75, 3.05) is 5.32 Å². The van der Waals surface area contributed by atoms with Crippen LogP contribution in [0.4, 0.5) is 5.82 Å². The Bertz CT molecular complexity index is 796. The lowest BCUT2D eigenvalue weighted by molar-refractivity contribution is -0.137. The van der Waals surface area contributed by atoms with Crippen molar-refractivity contribution in [1.82, 2.24) is 25.0 Å². The molecule has 8 nitrogen and oxygen atoms in total. The number of thiophene rings is 1. The molecule has 108 valence electrons. The van der Waals surface area contributed by atoms with Crippen LogP contribution in [0.3, 0.4) is 0 Å². The van der Waals surface area contributed by atoms with E-state index in [9.17, 15) is 4.79 Å². The molecule has 0 unspecified atom stereocenters. The van der Waals surface area contributed by atoms with Gasteiger partial charge in [-0.3, -0.25) is 4.79 Å². The lowest BCUT2D eigenvalue weighted by Gasteiger charge is -2.03. The van der Waals surface area contributed by atoms with Crippen molar-refractivity contribution >= 4 is 33.3 Å². The summed E-state index contributed by atoms with van der Waals surface area (Å²) in [5.74, 6) is -0.220. The number of aliphatic carboxylic acids is 1. The minimum atomic E-state index is -0.953. The third kappa shape index (κ3) is 2.97. The molecule has 0 saturated heterocycles. The molecule has 2 N–H and O–H groups in total. The highest BCUT2D eigenvalue weighted by molar-refractivity contribution is 7.18. The van der Waals surface area contributed by atoms with Crippen LogP contribution in [0.2, 0.25) is 0 Å². The number of nitrogens with one attached hydrogen (secondary N) is 1. The molecule has 3 aromatic rings. The van der Waals surface area contributed by atoms with E-state index >= 15 is 0 Å². The Labute approximate surface area is 123 Å². The topological polar surface area (TPSA) is 106 Å². The smallest absolute Gasteiger partial charge is 0.325 e. The number of hydrogen-bond donors (Lipinski definition) is 2. The van der Waals surface area contributed by atoms with Crippen molar-refractivity contribution in [3.05, 3.63) is 29.2 Å². The zero-order valence-electron chi connectivity index (χ0n) is 11.1. The van der Waals surface area contributed by atoms with E-state index in [-0.39, 0.29) is 6.54 Å². The van der Waals surface area contributed by atoms with Gasteiger partial charge in [-0.25, -0.2) is 14.6 Å². The summed E-state index contributed by atoms with van der Waals surface area (Å²) in [6, 6.07) is 2.03. The summed E-state index contributed by atoms with van der Waals surface area (Å²) in [5, 5.41) is 20.5. The summed E-state index contributed by atoms with van der Waals surface area (Å²) < 4.78 is 1.28. The van der Waals surface area contributed by atoms with Crippen molar-refractivity contribution in [3.63, 3.8) is 0 Å². The largest absolute Gasteiger partial charge is 0.480 e. The van der Waals surface area contributed by atoms with Crippen molar-refractivity contribution in [2.45, 2.75) is 20.0 Å². The van der Waals surface area contributed by atoms with Crippen LogP contribution >= 0.6 is 11.3 Å². The monoisotopic (exact) mass is 304 g/mol. The summed E-state index contributed by atoms with van der Waals surface area (Å²) in [5.41, 5.74) is 0.648. The Kier molecular flexibility index (Phi) is 3.48. The van der Waals surface area contributed by atoms with Gasteiger partial charge >= 0.3 is 5.97 Å². The Balaban J connectivity index is 1.74. The van der Waals surface area contributed by atoms with Crippen LogP contribution in [-0.2, 0) is 17.9 Å². The summed E-state index contributed by atoms with van der Waals surface area (Å²) in [6.45, 7) is 2.24. The number of carbonyl (C=O) groups is 1. The molecule has 0 radical (unpaired) electrons. The molecule has 3 aromatic heterocycles. The van der Waals surface area contributed by atoms with E-state index in [0.29, 0.717) is 12.2 Å². The predicted octanol–water partition coefficient (Wildman–Crippen LogP) is 1.29. The highest BCUT2D eigenvalue weighted by Gasteiger charge is 2.08. The normalized spacial score (nSPS) is 10.9. The molecule has 0 aromatic carbocycles. The van der Waals surface area contributed by atoms with E-state index in [4.69, 9.17) is 5.11 Å². The van der Waals surface area contributed by atoms with Gasteiger partial charge in [-0.1, -0.05) is 5.21 Å². The number of rotatable bonds is 5. The maximum absolute atomic E-state index is 10.6. The van der Waals surface area contributed by atoms with Crippen molar-refractivity contribution in [3.8, 4) is 0 Å². The average Bonchev–Trinajstić information content (AvgIpc) is 3.01. The molecule has 0 bridgehead atoms. The molecule has 0 amide bonds. The second-order valence-corrected chi connectivity index (χ2v) is 5.69. The molecule has 0 aliphatic carbocycles. The van der Waals surface area contributed by atoms with Crippen molar-refractivity contribution < 1.29 is 9.90 Å². The predicted molar refractivity (Wildman–Crippen MR) is 77.1 cm³/mol. The average molecular weight is 304 g/mol. The van der Waals surface area contributed by atoms with E-state index in [2.05, 4.69) is 25.6 Å². The number of carboxylic acids is 1. The van der Waals surface area contributed by atoms with Crippen LogP contribution in [0.25, 0.3) is 10.2 Å². The fourth-order valence-corrected chi connectivity index (χ4v) is 2.77. The van der Waals surface area contributed by atoms with Gasteiger partial charge < -0.3 is 10.4 Å². The van der Waals surface area contributed by atoms with E-state index in [1.165, 1.54) is 15.9 Å². The van der Waals surface area contributed by atoms with Crippen LogP contribution in [0.5, 0.6) is 0 Å². The van der Waals surface area contributed by atoms with Gasteiger partial charge in [-0.2, -0.15) is 0 Å². The highest BCUT2D eigenvalue weighted by Crippen LogP contribution is 2.27. The first kappa shape index (κ1) is 13.4. The van der Waals surface area contributed by atoms with Gasteiger partial charge in [0, 0.05) is 4.88 Å². The highest BCUT2D eigenvalue weighted by atomic mass is 32.1. The minimum absolute atomic E-state index is 0.200. The maximum atomic E-state index is 10.6. The molecule has 0 spiro atoms. The molecule has 9 heteroatoms. The fourth-order valence-electron chi connectivity index (χ4n) is 1.93. The molecule has 0 fully saturated rings. The number of anilines is 1. The lowest BCUT2D eigenvalue weighted by atomic mass is 10.3. The van der Waals surface area contributed by atoms with Gasteiger partial charge in [0.15, 0.2) is 0 Å². The Morgan fingerprint density at radius 2 is 2.33 bits per heavy atom. The Morgan fingerprint density at radius 3 is 3.14 bits per heavy atom. The van der Waals surface area contributed by atoms with E-state index in [1.54, 1.807) is 17.5 Å². The first-order chi connectivity index (χ1) is 10.1. The summed E-state index contributed by atoms with van der Waals surface area (Å²) in [4.78, 5) is 21.1. The molecule has 3 rings (SSSR count). The van der Waals surface area contributed by atoms with Crippen LogP contribution in [0.15, 0.2) is 18.6 Å². The number of fused-ring (bicyclic) bond motifs is 1. The number of hydrogen-bond acceptors (Lipinski definition) is 7. The maximum Gasteiger partial charge on any atom is 0.325 e. The molecule has 0 aliphatic heterocycles. The molecular weight excluding hydrogens is 292 g/mol. The summed E-state index contributed by atoms with van der Waals surface area (Å²) in [7, 11) is 0. The van der Waals surface area contributed by atoms with Crippen LogP contribution in [0.1, 0.15) is 10.6 Å². The molecular formula is C12H12N6O2S. The Hall–Kier alpha value is -2.55. The fraction of sp³-hybridized carbons (Fsp3) is 0.250. The van der Waals surface area contributed by atoms with E-state index in [1.807, 2.05) is 13.0 Å². The van der Waals surface area contributed by atoms with Gasteiger partial charge in [-0.05, 0) is 13.0 Å². The van der Waals surface area contributed by atoms with Crippen molar-refractivity contribution in [2.24, 2.45) is 0 Å². The molecule has 0 aliphatic rings. The van der Waals surface area contributed by atoms with Gasteiger partial charge in [-0.15, -0.1) is 16.4 Å². The Morgan fingerprint density at radius 1 is 1.48 bits per heavy atom. The summed E-state index contributed by atoms with van der Waals surface area (Å²) in [6.07, 6.45) is 3.11. The van der Waals surface area contributed by atoms with Gasteiger partial charge in [0.05, 0.1) is 18.1 Å². The third-order valence-corrected chi connectivity index (χ3v) is 3.73. The van der Waals surface area contributed by atoms with Crippen LogP contribution < -0.4 is 5.32 Å². The quantitative estimate of drug-likeness (QED) is 0.731. The number of carboxylic acid groups (broad SMARTS) is 1. The molecule has 0 saturated carbocycles. The first-order valence-corrected chi connectivity index (χ1v) is 6.99. The van der Waals surface area contributed by atoms with Gasteiger partial charge in [0.2, 0.25) is 0 Å². The lowest BCUT2D eigenvalue weighted by Crippen LogP contribution is -2.09. The van der Waals surface area contributed by atoms with Gasteiger partial charge in [0.1, 0.15) is 29.2 Å². The van der Waals surface area contributed by atoms with Crippen molar-refractivity contribution in [1.29, 1.82) is 0 Å². The molecule has 3 heterocycles. The van der Waals surface area contributed by atoms with Crippen LogP contribution in [0, 0.1) is 6.92 Å². The zero-order chi connectivity index (χ0) is 14.8. The third-order valence-electron chi connectivity index (χ3n) is 2.77. The number of aromatic nitrogens is 5. The SMILES string of the molecule is Cc1cc2c(NCc3cn(CC(=O)O)nn3)ncnc2s1. The number of nitrogens with zero attached hydrogens (tertiary/aromatic N) is 5. The van der Waals surface area contributed by atoms with E-state index in [0.717, 1.165) is 16.0 Å². The standard InChI is InChI=1S/C12H12N6O2S/c1-7-2-9-11(14-6-15-12(9)21-7)13-3-8-4-18(17-16-8)5-10(19)20/h2,4,6H,3,5H2,1H3,(H,19,20)(H,13,14,15). The molecule has 21 heavy (non-hydrogen) atoms. The number of aryl methyl sites for hydroxylation is 1.